The summed E-state index contributed by atoms with van der Waals surface area (Å²) in [7, 11) is 0. The van der Waals surface area contributed by atoms with Gasteiger partial charge in [-0.2, -0.15) is 0 Å². The molecule has 0 saturated heterocycles. The van der Waals surface area contributed by atoms with Crippen molar-refractivity contribution in [2.75, 3.05) is 0 Å². The number of aryl methyl sites for hydroxylation is 2. The summed E-state index contributed by atoms with van der Waals surface area (Å²) in [5.74, 6) is -0.919. The normalized spacial score (nSPS) is 10.4. The standard InChI is InChI=1S/C16H17NO2/c1-3-11-5-7-12(8-6-11)15-10-9-13(16(18)19)14(4-2)17-15/h5-10H,3-4H2,1-2H3,(H,18,19). The molecule has 0 spiro atoms. The predicted molar refractivity (Wildman–Crippen MR) is 75.4 cm³/mol. The highest BCUT2D eigenvalue weighted by atomic mass is 16.4. The topological polar surface area (TPSA) is 50.2 Å². The fourth-order valence-corrected chi connectivity index (χ4v) is 2.04. The Labute approximate surface area is 112 Å². The van der Waals surface area contributed by atoms with Crippen LogP contribution in [0, 0.1) is 0 Å². The zero-order valence-electron chi connectivity index (χ0n) is 11.2. The molecule has 0 unspecified atom stereocenters. The van der Waals surface area contributed by atoms with Crippen LogP contribution in [0.4, 0.5) is 0 Å². The lowest BCUT2D eigenvalue weighted by atomic mass is 10.0. The molecule has 98 valence electrons. The summed E-state index contributed by atoms with van der Waals surface area (Å²) in [5, 5.41) is 9.09. The Morgan fingerprint density at radius 3 is 2.26 bits per heavy atom. The highest BCUT2D eigenvalue weighted by molar-refractivity contribution is 5.89. The number of carboxylic acids is 1. The van der Waals surface area contributed by atoms with Crippen molar-refractivity contribution in [2.24, 2.45) is 0 Å². The predicted octanol–water partition coefficient (Wildman–Crippen LogP) is 3.57. The van der Waals surface area contributed by atoms with E-state index in [2.05, 4.69) is 24.0 Å². The third-order valence-corrected chi connectivity index (χ3v) is 3.20. The second kappa shape index (κ2) is 5.65. The summed E-state index contributed by atoms with van der Waals surface area (Å²) >= 11 is 0. The number of pyridine rings is 1. The molecule has 1 aromatic carbocycles. The fourth-order valence-electron chi connectivity index (χ4n) is 2.04. The number of nitrogens with zero attached hydrogens (tertiary/aromatic N) is 1. The molecule has 3 nitrogen and oxygen atoms in total. The van der Waals surface area contributed by atoms with Gasteiger partial charge in [-0.25, -0.2) is 4.79 Å². The summed E-state index contributed by atoms with van der Waals surface area (Å²) in [6.07, 6.45) is 1.62. The molecule has 0 fully saturated rings. The quantitative estimate of drug-likeness (QED) is 0.908. The number of carbonyl (C=O) groups is 1. The van der Waals surface area contributed by atoms with E-state index in [-0.39, 0.29) is 5.56 Å². The van der Waals surface area contributed by atoms with Gasteiger partial charge in [-0.3, -0.25) is 4.98 Å². The average molecular weight is 255 g/mol. The first kappa shape index (κ1) is 13.3. The SMILES string of the molecule is CCc1ccc(-c2ccc(C(=O)O)c(CC)n2)cc1. The summed E-state index contributed by atoms with van der Waals surface area (Å²) in [5.41, 5.74) is 4.04. The van der Waals surface area contributed by atoms with Crippen LogP contribution in [0.5, 0.6) is 0 Å². The molecule has 19 heavy (non-hydrogen) atoms. The zero-order chi connectivity index (χ0) is 13.8. The number of hydrogen-bond donors (Lipinski definition) is 1. The zero-order valence-corrected chi connectivity index (χ0v) is 11.2. The van der Waals surface area contributed by atoms with E-state index in [4.69, 9.17) is 5.11 Å². The van der Waals surface area contributed by atoms with Crippen molar-refractivity contribution in [3.05, 3.63) is 53.2 Å². The van der Waals surface area contributed by atoms with E-state index in [1.165, 1.54) is 5.56 Å². The number of hydrogen-bond acceptors (Lipinski definition) is 2. The average Bonchev–Trinajstić information content (AvgIpc) is 2.46. The first-order valence-electron chi connectivity index (χ1n) is 6.48. The minimum Gasteiger partial charge on any atom is -0.478 e. The van der Waals surface area contributed by atoms with Gasteiger partial charge < -0.3 is 5.11 Å². The van der Waals surface area contributed by atoms with Gasteiger partial charge in [0.2, 0.25) is 0 Å². The summed E-state index contributed by atoms with van der Waals surface area (Å²) in [6.45, 7) is 4.03. The summed E-state index contributed by atoms with van der Waals surface area (Å²) in [4.78, 5) is 15.5. The first-order valence-corrected chi connectivity index (χ1v) is 6.48. The number of aromatic carboxylic acids is 1. The van der Waals surface area contributed by atoms with Crippen LogP contribution in [-0.2, 0) is 12.8 Å². The lowest BCUT2D eigenvalue weighted by molar-refractivity contribution is 0.0695. The third kappa shape index (κ3) is 2.81. The highest BCUT2D eigenvalue weighted by Crippen LogP contribution is 2.20. The lowest BCUT2D eigenvalue weighted by Gasteiger charge is -2.07. The molecule has 0 atom stereocenters. The number of rotatable bonds is 4. The van der Waals surface area contributed by atoms with E-state index in [1.54, 1.807) is 12.1 Å². The van der Waals surface area contributed by atoms with Crippen molar-refractivity contribution < 1.29 is 9.90 Å². The highest BCUT2D eigenvalue weighted by Gasteiger charge is 2.11. The van der Waals surface area contributed by atoms with Crippen molar-refractivity contribution in [2.45, 2.75) is 26.7 Å². The Bertz CT molecular complexity index is 588. The summed E-state index contributed by atoms with van der Waals surface area (Å²) < 4.78 is 0. The van der Waals surface area contributed by atoms with Gasteiger partial charge >= 0.3 is 5.97 Å². The molecular formula is C16H17NO2. The molecule has 3 heteroatoms. The van der Waals surface area contributed by atoms with E-state index in [0.29, 0.717) is 12.1 Å². The Kier molecular flexibility index (Phi) is 3.95. The van der Waals surface area contributed by atoms with E-state index < -0.39 is 5.97 Å². The van der Waals surface area contributed by atoms with Gasteiger partial charge in [0, 0.05) is 5.56 Å². The maximum Gasteiger partial charge on any atom is 0.337 e. The molecule has 2 aromatic rings. The second-order valence-corrected chi connectivity index (χ2v) is 4.40. The van der Waals surface area contributed by atoms with Crippen molar-refractivity contribution in [1.29, 1.82) is 0 Å². The molecule has 1 N–H and O–H groups in total. The van der Waals surface area contributed by atoms with E-state index in [0.717, 1.165) is 17.7 Å². The fraction of sp³-hybridized carbons (Fsp3) is 0.250. The van der Waals surface area contributed by atoms with Crippen molar-refractivity contribution in [1.82, 2.24) is 4.98 Å². The van der Waals surface area contributed by atoms with Crippen LogP contribution in [0.15, 0.2) is 36.4 Å². The largest absolute Gasteiger partial charge is 0.478 e. The van der Waals surface area contributed by atoms with Crippen LogP contribution in [0.25, 0.3) is 11.3 Å². The molecule has 1 heterocycles. The molecule has 0 saturated carbocycles. The van der Waals surface area contributed by atoms with Crippen LogP contribution in [0.1, 0.15) is 35.5 Å². The van der Waals surface area contributed by atoms with Gasteiger partial charge in [-0.15, -0.1) is 0 Å². The first-order chi connectivity index (χ1) is 9.15. The maximum atomic E-state index is 11.1. The van der Waals surface area contributed by atoms with Crippen LogP contribution in [-0.4, -0.2) is 16.1 Å². The molecule has 2 rings (SSSR count). The molecule has 0 bridgehead atoms. The molecule has 0 amide bonds. The molecule has 0 aliphatic rings. The Hall–Kier alpha value is -2.16. The van der Waals surface area contributed by atoms with Crippen molar-refractivity contribution in [3.8, 4) is 11.3 Å². The van der Waals surface area contributed by atoms with Gasteiger partial charge in [0.25, 0.3) is 0 Å². The van der Waals surface area contributed by atoms with Gasteiger partial charge in [0.05, 0.1) is 17.0 Å². The Balaban J connectivity index is 2.42. The maximum absolute atomic E-state index is 11.1. The molecule has 0 radical (unpaired) electrons. The Morgan fingerprint density at radius 1 is 1.05 bits per heavy atom. The number of aromatic nitrogens is 1. The van der Waals surface area contributed by atoms with Gasteiger partial charge in [-0.1, -0.05) is 38.1 Å². The van der Waals surface area contributed by atoms with Gasteiger partial charge in [-0.05, 0) is 30.5 Å². The molecule has 0 aliphatic heterocycles. The molecule has 1 aromatic heterocycles. The number of benzene rings is 1. The van der Waals surface area contributed by atoms with Crippen LogP contribution in [0.3, 0.4) is 0 Å². The molecular weight excluding hydrogens is 238 g/mol. The third-order valence-electron chi connectivity index (χ3n) is 3.20. The Morgan fingerprint density at radius 2 is 1.74 bits per heavy atom. The minimum absolute atomic E-state index is 0.288. The van der Waals surface area contributed by atoms with Crippen LogP contribution < -0.4 is 0 Å². The molecule has 0 aliphatic carbocycles. The van der Waals surface area contributed by atoms with E-state index in [9.17, 15) is 4.79 Å². The van der Waals surface area contributed by atoms with Crippen LogP contribution >= 0.6 is 0 Å². The lowest BCUT2D eigenvalue weighted by Crippen LogP contribution is -2.04. The minimum atomic E-state index is -0.919. The van der Waals surface area contributed by atoms with Crippen molar-refractivity contribution >= 4 is 5.97 Å². The van der Waals surface area contributed by atoms with E-state index in [1.807, 2.05) is 19.1 Å². The smallest absolute Gasteiger partial charge is 0.337 e. The van der Waals surface area contributed by atoms with Crippen molar-refractivity contribution in [3.63, 3.8) is 0 Å². The van der Waals surface area contributed by atoms with E-state index >= 15 is 0 Å². The van der Waals surface area contributed by atoms with Gasteiger partial charge in [0.1, 0.15) is 0 Å². The second-order valence-electron chi connectivity index (χ2n) is 4.40. The summed E-state index contributed by atoms with van der Waals surface area (Å²) in [6, 6.07) is 11.6. The van der Waals surface area contributed by atoms with Gasteiger partial charge in [0.15, 0.2) is 0 Å². The van der Waals surface area contributed by atoms with Crippen LogP contribution in [0.2, 0.25) is 0 Å². The number of carboxylic acid groups (broad SMARTS) is 1. The monoisotopic (exact) mass is 255 g/mol.